The monoisotopic (exact) mass is 388 g/mol. The number of carbonyl (C=O) groups excluding carboxylic acids is 1. The standard InChI is InChI=1S/C14H17BrN2O2S2/c1-8(5-6-21(2)19)17-14(18)13-12(16)10-4-3-9(15)7-11(10)20-13/h3-4,7-8H,5-6,16H2,1-2H3,(H,17,18). The van der Waals surface area contributed by atoms with Gasteiger partial charge in [-0.15, -0.1) is 11.3 Å². The molecule has 0 radical (unpaired) electrons. The third-order valence-corrected chi connectivity index (χ3v) is 5.58. The molecule has 2 aromatic rings. The van der Waals surface area contributed by atoms with E-state index in [1.165, 1.54) is 11.3 Å². The first-order chi connectivity index (χ1) is 9.88. The van der Waals surface area contributed by atoms with Crippen LogP contribution in [0.15, 0.2) is 22.7 Å². The van der Waals surface area contributed by atoms with Crippen LogP contribution < -0.4 is 11.1 Å². The summed E-state index contributed by atoms with van der Waals surface area (Å²) < 4.78 is 13.0. The van der Waals surface area contributed by atoms with Gasteiger partial charge >= 0.3 is 0 Å². The Morgan fingerprint density at radius 1 is 1.52 bits per heavy atom. The van der Waals surface area contributed by atoms with E-state index >= 15 is 0 Å². The molecule has 0 fully saturated rings. The number of hydrogen-bond acceptors (Lipinski definition) is 4. The molecular weight excluding hydrogens is 372 g/mol. The zero-order chi connectivity index (χ0) is 15.6. The molecule has 0 aliphatic heterocycles. The summed E-state index contributed by atoms with van der Waals surface area (Å²) in [4.78, 5) is 12.8. The first-order valence-corrected chi connectivity index (χ1v) is 9.80. The second-order valence-corrected chi connectivity index (χ2v) is 8.45. The van der Waals surface area contributed by atoms with Crippen molar-refractivity contribution in [3.63, 3.8) is 0 Å². The molecule has 3 N–H and O–H groups in total. The normalized spacial score (nSPS) is 14.0. The molecule has 4 nitrogen and oxygen atoms in total. The summed E-state index contributed by atoms with van der Waals surface area (Å²) in [6.45, 7) is 1.91. The molecule has 1 aromatic heterocycles. The van der Waals surface area contributed by atoms with Gasteiger partial charge in [-0.1, -0.05) is 22.0 Å². The van der Waals surface area contributed by atoms with Crippen LogP contribution in [0.25, 0.3) is 10.1 Å². The van der Waals surface area contributed by atoms with Crippen LogP contribution in [0, 0.1) is 0 Å². The van der Waals surface area contributed by atoms with Gasteiger partial charge in [0.2, 0.25) is 0 Å². The summed E-state index contributed by atoms with van der Waals surface area (Å²) >= 11 is 4.80. The van der Waals surface area contributed by atoms with Gasteiger partial charge in [-0.05, 0) is 25.5 Å². The molecule has 1 heterocycles. The van der Waals surface area contributed by atoms with Crippen LogP contribution in [0.2, 0.25) is 0 Å². The molecule has 0 aliphatic carbocycles. The molecule has 7 heteroatoms. The minimum absolute atomic E-state index is 0.0299. The molecule has 1 amide bonds. The van der Waals surface area contributed by atoms with Crippen molar-refractivity contribution in [3.05, 3.63) is 27.5 Å². The number of amides is 1. The fourth-order valence-corrected chi connectivity index (χ4v) is 4.23. The minimum atomic E-state index is -0.843. The molecule has 2 atom stereocenters. The van der Waals surface area contributed by atoms with Gasteiger partial charge in [-0.25, -0.2) is 0 Å². The third kappa shape index (κ3) is 4.05. The van der Waals surface area contributed by atoms with Crippen molar-refractivity contribution >= 4 is 59.7 Å². The van der Waals surface area contributed by atoms with Crippen molar-refractivity contribution in [2.45, 2.75) is 19.4 Å². The molecule has 0 spiro atoms. The number of rotatable bonds is 5. The maximum absolute atomic E-state index is 12.3. The summed E-state index contributed by atoms with van der Waals surface area (Å²) in [5.74, 6) is 0.412. The maximum Gasteiger partial charge on any atom is 0.263 e. The van der Waals surface area contributed by atoms with E-state index in [0.29, 0.717) is 22.7 Å². The van der Waals surface area contributed by atoms with Gasteiger partial charge in [0, 0.05) is 43.4 Å². The largest absolute Gasteiger partial charge is 0.397 e. The fourth-order valence-electron chi connectivity index (χ4n) is 1.96. The summed E-state index contributed by atoms with van der Waals surface area (Å²) in [6, 6.07) is 5.74. The van der Waals surface area contributed by atoms with Crippen molar-refractivity contribution in [1.82, 2.24) is 5.32 Å². The summed E-state index contributed by atoms with van der Waals surface area (Å²) in [5, 5.41) is 3.81. The Kier molecular flexibility index (Phi) is 5.40. The molecule has 114 valence electrons. The Balaban J connectivity index is 2.16. The Labute approximate surface area is 138 Å². The van der Waals surface area contributed by atoms with Gasteiger partial charge in [-0.3, -0.25) is 9.00 Å². The number of thiophene rings is 1. The smallest absolute Gasteiger partial charge is 0.263 e. The van der Waals surface area contributed by atoms with Gasteiger partial charge < -0.3 is 11.1 Å². The van der Waals surface area contributed by atoms with Crippen molar-refractivity contribution in [2.24, 2.45) is 0 Å². The number of carbonyl (C=O) groups is 1. The first kappa shape index (κ1) is 16.5. The van der Waals surface area contributed by atoms with Gasteiger partial charge in [0.25, 0.3) is 5.91 Å². The Hall–Kier alpha value is -0.920. The van der Waals surface area contributed by atoms with Crippen molar-refractivity contribution in [1.29, 1.82) is 0 Å². The summed E-state index contributed by atoms with van der Waals surface area (Å²) in [5.41, 5.74) is 6.59. The van der Waals surface area contributed by atoms with E-state index < -0.39 is 10.8 Å². The van der Waals surface area contributed by atoms with Gasteiger partial charge in [0.05, 0.1) is 5.69 Å². The number of hydrogen-bond donors (Lipinski definition) is 2. The first-order valence-electron chi connectivity index (χ1n) is 6.47. The van der Waals surface area contributed by atoms with Gasteiger partial charge in [0.15, 0.2) is 0 Å². The predicted molar refractivity (Wildman–Crippen MR) is 94.4 cm³/mol. The van der Waals surface area contributed by atoms with Crippen LogP contribution in [0.4, 0.5) is 5.69 Å². The van der Waals surface area contributed by atoms with Crippen LogP contribution >= 0.6 is 27.3 Å². The third-order valence-electron chi connectivity index (χ3n) is 3.11. The Bertz CT molecular complexity index is 700. The van der Waals surface area contributed by atoms with E-state index in [4.69, 9.17) is 5.73 Å². The van der Waals surface area contributed by atoms with E-state index in [2.05, 4.69) is 21.2 Å². The van der Waals surface area contributed by atoms with Crippen LogP contribution in [-0.2, 0) is 10.8 Å². The van der Waals surface area contributed by atoms with Crippen molar-refractivity contribution in [3.8, 4) is 0 Å². The van der Waals surface area contributed by atoms with Gasteiger partial charge in [0.1, 0.15) is 4.88 Å². The number of nitrogens with two attached hydrogens (primary N) is 1. The highest BCUT2D eigenvalue weighted by atomic mass is 79.9. The van der Waals surface area contributed by atoms with Crippen LogP contribution in [-0.4, -0.2) is 28.2 Å². The number of nitrogens with one attached hydrogen (secondary N) is 1. The highest BCUT2D eigenvalue weighted by Gasteiger charge is 2.18. The zero-order valence-electron chi connectivity index (χ0n) is 11.8. The molecule has 2 rings (SSSR count). The minimum Gasteiger partial charge on any atom is -0.397 e. The Morgan fingerprint density at radius 2 is 2.24 bits per heavy atom. The highest BCUT2D eigenvalue weighted by Crippen LogP contribution is 2.35. The number of benzene rings is 1. The molecular formula is C14H17BrN2O2S2. The highest BCUT2D eigenvalue weighted by molar-refractivity contribution is 9.10. The second-order valence-electron chi connectivity index (χ2n) is 4.93. The quantitative estimate of drug-likeness (QED) is 0.825. The van der Waals surface area contributed by atoms with Crippen LogP contribution in [0.1, 0.15) is 23.0 Å². The lowest BCUT2D eigenvalue weighted by atomic mass is 10.2. The number of nitrogen functional groups attached to an aromatic ring is 1. The molecule has 0 aliphatic rings. The second kappa shape index (κ2) is 6.89. The molecule has 1 aromatic carbocycles. The lowest BCUT2D eigenvalue weighted by Gasteiger charge is -2.12. The molecule has 21 heavy (non-hydrogen) atoms. The van der Waals surface area contributed by atoms with E-state index in [9.17, 15) is 9.00 Å². The SMILES string of the molecule is CC(CCS(C)=O)NC(=O)c1sc2cc(Br)ccc2c1N. The fraction of sp³-hybridized carbons (Fsp3) is 0.357. The topological polar surface area (TPSA) is 72.2 Å². The lowest BCUT2D eigenvalue weighted by molar-refractivity contribution is 0.0944. The number of halogens is 1. The van der Waals surface area contributed by atoms with E-state index in [0.717, 1.165) is 14.6 Å². The van der Waals surface area contributed by atoms with E-state index in [-0.39, 0.29) is 11.9 Å². The predicted octanol–water partition coefficient (Wildman–Crippen LogP) is 3.13. The molecule has 0 saturated heterocycles. The Morgan fingerprint density at radius 3 is 2.90 bits per heavy atom. The summed E-state index contributed by atoms with van der Waals surface area (Å²) in [7, 11) is -0.843. The van der Waals surface area contributed by atoms with Crippen molar-refractivity contribution < 1.29 is 9.00 Å². The molecule has 2 unspecified atom stereocenters. The van der Waals surface area contributed by atoms with Crippen LogP contribution in [0.3, 0.4) is 0 Å². The average Bonchev–Trinajstić information content (AvgIpc) is 2.73. The number of anilines is 1. The average molecular weight is 389 g/mol. The van der Waals surface area contributed by atoms with E-state index in [1.54, 1.807) is 6.26 Å². The maximum atomic E-state index is 12.3. The molecule has 0 saturated carbocycles. The summed E-state index contributed by atoms with van der Waals surface area (Å²) in [6.07, 6.45) is 2.35. The van der Waals surface area contributed by atoms with E-state index in [1.807, 2.05) is 25.1 Å². The lowest BCUT2D eigenvalue weighted by Crippen LogP contribution is -2.33. The number of fused-ring (bicyclic) bond motifs is 1. The van der Waals surface area contributed by atoms with Gasteiger partial charge in [-0.2, -0.15) is 0 Å². The van der Waals surface area contributed by atoms with Crippen LogP contribution in [0.5, 0.6) is 0 Å². The molecule has 0 bridgehead atoms. The zero-order valence-corrected chi connectivity index (χ0v) is 15.0. The van der Waals surface area contributed by atoms with Crippen molar-refractivity contribution in [2.75, 3.05) is 17.7 Å².